The van der Waals surface area contributed by atoms with Crippen LogP contribution in [0.3, 0.4) is 0 Å². The van der Waals surface area contributed by atoms with E-state index >= 15 is 0 Å². The van der Waals surface area contributed by atoms with E-state index in [2.05, 4.69) is 15.4 Å². The standard InChI is InChI=1S/C28H43N4O8PS/c1-20(2)37-19-29-18-28(4,5)26(34)42-14-13-38-41(36,30-16-22-9-7-6-8-10-22)39-17-23-15-21(3)25(40-23)32-12-11-24(33)31-27(32)35/h6-12,20-21,23,25,29H,13-19H2,1-5H3,(H,30,36)(H,31,33,35). The van der Waals surface area contributed by atoms with Crippen LogP contribution in [0.15, 0.2) is 52.2 Å². The highest BCUT2D eigenvalue weighted by Gasteiger charge is 2.36. The summed E-state index contributed by atoms with van der Waals surface area (Å²) in [4.78, 5) is 38.7. The van der Waals surface area contributed by atoms with E-state index in [0.29, 0.717) is 25.4 Å². The Hall–Kier alpha value is -2.09. The summed E-state index contributed by atoms with van der Waals surface area (Å²) in [5, 5.41) is 6.03. The molecule has 234 valence electrons. The molecule has 0 bridgehead atoms. The van der Waals surface area contributed by atoms with Crippen molar-refractivity contribution in [2.24, 2.45) is 11.3 Å². The first kappa shape index (κ1) is 34.4. The first-order chi connectivity index (χ1) is 19.9. The Morgan fingerprint density at radius 2 is 1.95 bits per heavy atom. The molecular weight excluding hydrogens is 583 g/mol. The van der Waals surface area contributed by atoms with Crippen molar-refractivity contribution in [2.45, 2.75) is 66.0 Å². The Balaban J connectivity index is 1.55. The van der Waals surface area contributed by atoms with Crippen LogP contribution in [0.25, 0.3) is 0 Å². The van der Waals surface area contributed by atoms with Crippen LogP contribution in [0.1, 0.15) is 52.8 Å². The van der Waals surface area contributed by atoms with Gasteiger partial charge >= 0.3 is 13.4 Å². The number of carbonyl (C=O) groups excluding carboxylic acids is 1. The Morgan fingerprint density at radius 1 is 1.21 bits per heavy atom. The van der Waals surface area contributed by atoms with E-state index in [1.165, 1.54) is 16.8 Å². The van der Waals surface area contributed by atoms with Gasteiger partial charge in [-0.25, -0.2) is 14.4 Å². The second-order valence-corrected chi connectivity index (χ2v) is 14.0. The predicted octanol–water partition coefficient (Wildman–Crippen LogP) is 3.65. The third kappa shape index (κ3) is 10.9. The maximum Gasteiger partial charge on any atom is 0.405 e. The van der Waals surface area contributed by atoms with Crippen LogP contribution >= 0.6 is 19.5 Å². The summed E-state index contributed by atoms with van der Waals surface area (Å²) in [6.07, 6.45) is 0.990. The maximum atomic E-state index is 13.7. The van der Waals surface area contributed by atoms with Crippen molar-refractivity contribution in [1.82, 2.24) is 20.0 Å². The van der Waals surface area contributed by atoms with Crippen molar-refractivity contribution in [1.29, 1.82) is 0 Å². The first-order valence-corrected chi connectivity index (χ1v) is 16.6. The molecule has 0 aliphatic carbocycles. The monoisotopic (exact) mass is 626 g/mol. The minimum absolute atomic E-state index is 0.0203. The number of aromatic amines is 1. The van der Waals surface area contributed by atoms with Crippen LogP contribution in [0, 0.1) is 11.3 Å². The smallest absolute Gasteiger partial charge is 0.364 e. The zero-order valence-corrected chi connectivity index (χ0v) is 26.6. The van der Waals surface area contributed by atoms with E-state index in [1.54, 1.807) is 0 Å². The molecular formula is C28H43N4O8PS. The van der Waals surface area contributed by atoms with Gasteiger partial charge in [0.2, 0.25) is 0 Å². The lowest BCUT2D eigenvalue weighted by Gasteiger charge is -2.24. The number of nitrogens with zero attached hydrogens (tertiary/aromatic N) is 1. The van der Waals surface area contributed by atoms with E-state index in [1.807, 2.05) is 65.0 Å². The molecule has 42 heavy (non-hydrogen) atoms. The van der Waals surface area contributed by atoms with Crippen LogP contribution in [-0.4, -0.2) is 59.1 Å². The summed E-state index contributed by atoms with van der Waals surface area (Å²) < 4.78 is 38.1. The first-order valence-electron chi connectivity index (χ1n) is 14.0. The second-order valence-electron chi connectivity index (χ2n) is 11.1. The summed E-state index contributed by atoms with van der Waals surface area (Å²) >= 11 is 1.12. The van der Waals surface area contributed by atoms with Gasteiger partial charge in [-0.2, -0.15) is 0 Å². The van der Waals surface area contributed by atoms with Crippen LogP contribution in [0.2, 0.25) is 0 Å². The SMILES string of the molecule is CC(C)OCNCC(C)(C)C(=O)SCCOP(=O)(NCc1ccccc1)OCC1CC(C)C(n2ccc(=O)[nH]c2=O)O1. The Bertz CT molecular complexity index is 1300. The highest BCUT2D eigenvalue weighted by molar-refractivity contribution is 8.13. The maximum absolute atomic E-state index is 13.7. The number of hydrogen-bond donors (Lipinski definition) is 3. The number of rotatable bonds is 17. The normalized spacial score (nSPS) is 20.6. The summed E-state index contributed by atoms with van der Waals surface area (Å²) in [6, 6.07) is 10.7. The molecule has 2 aromatic rings. The number of aromatic nitrogens is 2. The molecule has 2 heterocycles. The van der Waals surface area contributed by atoms with E-state index in [9.17, 15) is 18.9 Å². The number of nitrogens with one attached hydrogen (secondary N) is 3. The Morgan fingerprint density at radius 3 is 2.64 bits per heavy atom. The van der Waals surface area contributed by atoms with E-state index in [4.69, 9.17) is 18.5 Å². The Kier molecular flexibility index (Phi) is 13.2. The lowest BCUT2D eigenvalue weighted by atomic mass is 9.96. The van der Waals surface area contributed by atoms with Gasteiger partial charge in [0.25, 0.3) is 5.56 Å². The second kappa shape index (κ2) is 16.1. The molecule has 1 aromatic carbocycles. The molecule has 1 aromatic heterocycles. The van der Waals surface area contributed by atoms with Crippen molar-refractivity contribution in [2.75, 3.05) is 32.2 Å². The highest BCUT2D eigenvalue weighted by Crippen LogP contribution is 2.45. The number of ether oxygens (including phenoxy) is 2. The topological polar surface area (TPSA) is 150 Å². The fourth-order valence-corrected chi connectivity index (χ4v) is 6.50. The lowest BCUT2D eigenvalue weighted by Crippen LogP contribution is -2.36. The lowest BCUT2D eigenvalue weighted by molar-refractivity contribution is -0.118. The summed E-state index contributed by atoms with van der Waals surface area (Å²) in [5.74, 6) is 0.233. The zero-order chi connectivity index (χ0) is 30.8. The summed E-state index contributed by atoms with van der Waals surface area (Å²) in [6.45, 7) is 10.6. The van der Waals surface area contributed by atoms with Gasteiger partial charge in [-0.15, -0.1) is 0 Å². The number of benzene rings is 1. The molecule has 14 heteroatoms. The fraction of sp³-hybridized carbons (Fsp3) is 0.607. The van der Waals surface area contributed by atoms with Gasteiger partial charge in [0.05, 0.1) is 32.2 Å². The van der Waals surface area contributed by atoms with Crippen LogP contribution in [0.4, 0.5) is 0 Å². The third-order valence-corrected chi connectivity index (χ3v) is 9.29. The van der Waals surface area contributed by atoms with Gasteiger partial charge in [-0.3, -0.25) is 33.5 Å². The van der Waals surface area contributed by atoms with Gasteiger partial charge in [0, 0.05) is 42.4 Å². The predicted molar refractivity (Wildman–Crippen MR) is 162 cm³/mol. The van der Waals surface area contributed by atoms with Gasteiger partial charge in [-0.05, 0) is 25.8 Å². The molecule has 1 aliphatic rings. The van der Waals surface area contributed by atoms with Gasteiger partial charge < -0.3 is 9.47 Å². The summed E-state index contributed by atoms with van der Waals surface area (Å²) in [5.41, 5.74) is -0.777. The minimum atomic E-state index is -3.80. The molecule has 1 fully saturated rings. The van der Waals surface area contributed by atoms with E-state index in [0.717, 1.165) is 17.3 Å². The van der Waals surface area contributed by atoms with Crippen LogP contribution < -0.4 is 21.7 Å². The van der Waals surface area contributed by atoms with Crippen LogP contribution in [0.5, 0.6) is 0 Å². The molecule has 4 unspecified atom stereocenters. The van der Waals surface area contributed by atoms with Crippen molar-refractivity contribution in [3.63, 3.8) is 0 Å². The molecule has 0 radical (unpaired) electrons. The molecule has 1 aliphatic heterocycles. The molecule has 4 atom stereocenters. The molecule has 12 nitrogen and oxygen atoms in total. The number of hydrogen-bond acceptors (Lipinski definition) is 10. The average molecular weight is 627 g/mol. The molecule has 0 amide bonds. The summed E-state index contributed by atoms with van der Waals surface area (Å²) in [7, 11) is -3.80. The Labute approximate surface area is 250 Å². The molecule has 3 rings (SSSR count). The minimum Gasteiger partial charge on any atom is -0.364 e. The molecule has 1 saturated heterocycles. The number of H-pyrrole nitrogens is 1. The quantitative estimate of drug-likeness (QED) is 0.134. The van der Waals surface area contributed by atoms with Crippen molar-refractivity contribution >= 4 is 24.6 Å². The molecule has 0 saturated carbocycles. The third-order valence-electron chi connectivity index (χ3n) is 6.54. The molecule has 3 N–H and O–H groups in total. The van der Waals surface area contributed by atoms with Crippen molar-refractivity contribution in [3.8, 4) is 0 Å². The number of carbonyl (C=O) groups is 1. The fourth-order valence-electron chi connectivity index (χ4n) is 4.23. The average Bonchev–Trinajstić information content (AvgIpc) is 3.31. The highest BCUT2D eigenvalue weighted by atomic mass is 32.2. The number of thioether (sulfide) groups is 1. The zero-order valence-electron chi connectivity index (χ0n) is 24.9. The van der Waals surface area contributed by atoms with Crippen LogP contribution in [-0.2, 0) is 34.4 Å². The largest absolute Gasteiger partial charge is 0.405 e. The van der Waals surface area contributed by atoms with E-state index in [-0.39, 0.29) is 36.9 Å². The molecule has 0 spiro atoms. The van der Waals surface area contributed by atoms with Gasteiger partial charge in [0.15, 0.2) is 5.12 Å². The van der Waals surface area contributed by atoms with Gasteiger partial charge in [-0.1, -0.05) is 62.9 Å². The van der Waals surface area contributed by atoms with Crippen molar-refractivity contribution in [3.05, 3.63) is 69.0 Å². The van der Waals surface area contributed by atoms with Gasteiger partial charge in [0.1, 0.15) is 6.23 Å². The van der Waals surface area contributed by atoms with Crippen molar-refractivity contribution < 1.29 is 27.9 Å². The van der Waals surface area contributed by atoms with E-state index < -0.39 is 36.7 Å².